The Bertz CT molecular complexity index is 976. The Morgan fingerprint density at radius 2 is 1.13 bits per heavy atom. The number of carbonyl (C=O) groups excluding carboxylic acids is 1. The third kappa shape index (κ3) is 5.17. The molecule has 0 saturated heterocycles. The minimum atomic E-state index is -0.576. The molecule has 0 fully saturated rings. The molecule has 0 aromatic heterocycles. The summed E-state index contributed by atoms with van der Waals surface area (Å²) >= 11 is 0. The van der Waals surface area contributed by atoms with Gasteiger partial charge in [0.25, 0.3) is 0 Å². The van der Waals surface area contributed by atoms with E-state index in [1.165, 1.54) is 5.56 Å². The number of aliphatic hydroxyl groups is 1. The Morgan fingerprint density at radius 3 is 1.57 bits per heavy atom. The molecule has 1 unspecified atom stereocenters. The number of benzene rings is 3. The van der Waals surface area contributed by atoms with Crippen LogP contribution >= 0.6 is 0 Å². The number of aliphatic hydroxyl groups excluding tert-OH is 1. The molecule has 0 aliphatic heterocycles. The summed E-state index contributed by atoms with van der Waals surface area (Å²) in [6.45, 7) is 10.3. The normalized spacial score (nSPS) is 12.6. The third-order valence-corrected chi connectivity index (χ3v) is 5.21. The van der Waals surface area contributed by atoms with Crippen molar-refractivity contribution in [2.24, 2.45) is 5.41 Å². The molecule has 0 bridgehead atoms. The van der Waals surface area contributed by atoms with Gasteiger partial charge in [-0.1, -0.05) is 71.0 Å². The highest BCUT2D eigenvalue weighted by atomic mass is 16.5. The van der Waals surface area contributed by atoms with E-state index in [1.807, 2.05) is 45.0 Å². The number of hydrogen-bond acceptors (Lipinski definition) is 3. The number of ketones is 1. The predicted molar refractivity (Wildman–Crippen MR) is 121 cm³/mol. The van der Waals surface area contributed by atoms with Crippen LogP contribution in [0.5, 0.6) is 11.5 Å². The summed E-state index contributed by atoms with van der Waals surface area (Å²) in [5.41, 5.74) is 3.02. The molecule has 3 aromatic carbocycles. The summed E-state index contributed by atoms with van der Waals surface area (Å²) in [6, 6.07) is 22.4. The van der Waals surface area contributed by atoms with Gasteiger partial charge in [0.1, 0.15) is 11.5 Å². The Kier molecular flexibility index (Phi) is 6.42. The van der Waals surface area contributed by atoms with Crippen molar-refractivity contribution in [3.8, 4) is 11.5 Å². The van der Waals surface area contributed by atoms with Gasteiger partial charge in [-0.05, 0) is 58.9 Å². The summed E-state index contributed by atoms with van der Waals surface area (Å²) in [7, 11) is 0. The lowest BCUT2D eigenvalue weighted by atomic mass is 9.84. The standard InChI is InChI=1S/C27H30O3/c1-18(2)19-10-14-23(15-11-19)30-24-16-12-21(13-17-24)25(28)20-6-8-22(9-7-20)26(29)27(3,4)5/h6-18,26,29H,1-5H3. The van der Waals surface area contributed by atoms with E-state index in [9.17, 15) is 9.90 Å². The van der Waals surface area contributed by atoms with E-state index in [4.69, 9.17) is 4.74 Å². The van der Waals surface area contributed by atoms with Gasteiger partial charge in [-0.3, -0.25) is 4.79 Å². The molecule has 30 heavy (non-hydrogen) atoms. The van der Waals surface area contributed by atoms with Crippen molar-refractivity contribution in [2.75, 3.05) is 0 Å². The van der Waals surface area contributed by atoms with Crippen LogP contribution in [-0.2, 0) is 0 Å². The Balaban J connectivity index is 1.69. The first-order chi connectivity index (χ1) is 14.1. The van der Waals surface area contributed by atoms with Gasteiger partial charge >= 0.3 is 0 Å². The van der Waals surface area contributed by atoms with Crippen LogP contribution in [-0.4, -0.2) is 10.9 Å². The van der Waals surface area contributed by atoms with Crippen molar-refractivity contribution in [2.45, 2.75) is 46.6 Å². The number of carbonyl (C=O) groups is 1. The molecule has 0 saturated carbocycles. The fourth-order valence-corrected chi connectivity index (χ4v) is 3.21. The molecule has 0 heterocycles. The van der Waals surface area contributed by atoms with Crippen molar-refractivity contribution < 1.29 is 14.6 Å². The number of rotatable bonds is 6. The van der Waals surface area contributed by atoms with Gasteiger partial charge in [-0.15, -0.1) is 0 Å². The van der Waals surface area contributed by atoms with E-state index in [0.717, 1.165) is 11.3 Å². The second-order valence-electron chi connectivity index (χ2n) is 9.07. The zero-order chi connectivity index (χ0) is 21.9. The van der Waals surface area contributed by atoms with Crippen LogP contribution in [0.25, 0.3) is 0 Å². The van der Waals surface area contributed by atoms with Crippen molar-refractivity contribution >= 4 is 5.78 Å². The summed E-state index contributed by atoms with van der Waals surface area (Å²) in [6.07, 6.45) is -0.576. The predicted octanol–water partition coefficient (Wildman–Crippen LogP) is 6.91. The molecule has 0 aliphatic carbocycles. The van der Waals surface area contributed by atoms with Crippen LogP contribution in [0.15, 0.2) is 72.8 Å². The Morgan fingerprint density at radius 1 is 0.733 bits per heavy atom. The summed E-state index contributed by atoms with van der Waals surface area (Å²) in [5.74, 6) is 1.88. The van der Waals surface area contributed by atoms with Gasteiger partial charge in [0, 0.05) is 11.1 Å². The van der Waals surface area contributed by atoms with Crippen molar-refractivity contribution in [1.29, 1.82) is 0 Å². The fourth-order valence-electron chi connectivity index (χ4n) is 3.21. The minimum Gasteiger partial charge on any atom is -0.457 e. The lowest BCUT2D eigenvalue weighted by Crippen LogP contribution is -2.17. The van der Waals surface area contributed by atoms with Gasteiger partial charge in [0.2, 0.25) is 0 Å². The molecule has 3 nitrogen and oxygen atoms in total. The molecular weight excluding hydrogens is 372 g/mol. The molecule has 1 N–H and O–H groups in total. The first kappa shape index (κ1) is 21.8. The van der Waals surface area contributed by atoms with E-state index >= 15 is 0 Å². The highest BCUT2D eigenvalue weighted by Crippen LogP contribution is 2.32. The van der Waals surface area contributed by atoms with Crippen LogP contribution in [0.3, 0.4) is 0 Å². The minimum absolute atomic E-state index is 0.0559. The second-order valence-corrected chi connectivity index (χ2v) is 9.07. The number of ether oxygens (including phenoxy) is 1. The van der Waals surface area contributed by atoms with Crippen LogP contribution in [0.2, 0.25) is 0 Å². The second kappa shape index (κ2) is 8.85. The molecule has 0 aliphatic rings. The van der Waals surface area contributed by atoms with E-state index < -0.39 is 6.10 Å². The topological polar surface area (TPSA) is 46.5 Å². The quantitative estimate of drug-likeness (QED) is 0.456. The van der Waals surface area contributed by atoms with Gasteiger partial charge in [-0.25, -0.2) is 0 Å². The van der Waals surface area contributed by atoms with Crippen LogP contribution in [0, 0.1) is 5.41 Å². The lowest BCUT2D eigenvalue weighted by molar-refractivity contribution is 0.0626. The summed E-state index contributed by atoms with van der Waals surface area (Å²) in [4.78, 5) is 12.8. The van der Waals surface area contributed by atoms with Crippen molar-refractivity contribution in [3.63, 3.8) is 0 Å². The lowest BCUT2D eigenvalue weighted by Gasteiger charge is -2.26. The maximum absolute atomic E-state index is 12.8. The van der Waals surface area contributed by atoms with Crippen molar-refractivity contribution in [3.05, 3.63) is 95.1 Å². The average molecular weight is 403 g/mol. The fraction of sp³-hybridized carbons (Fsp3) is 0.296. The first-order valence-corrected chi connectivity index (χ1v) is 10.4. The zero-order valence-corrected chi connectivity index (χ0v) is 18.3. The van der Waals surface area contributed by atoms with Crippen LogP contribution in [0.1, 0.15) is 73.7 Å². The van der Waals surface area contributed by atoms with Crippen LogP contribution < -0.4 is 4.74 Å². The zero-order valence-electron chi connectivity index (χ0n) is 18.3. The molecule has 0 amide bonds. The Hall–Kier alpha value is -2.91. The molecular formula is C27H30O3. The van der Waals surface area contributed by atoms with E-state index in [-0.39, 0.29) is 11.2 Å². The third-order valence-electron chi connectivity index (χ3n) is 5.21. The van der Waals surface area contributed by atoms with E-state index in [0.29, 0.717) is 22.8 Å². The van der Waals surface area contributed by atoms with Crippen molar-refractivity contribution in [1.82, 2.24) is 0 Å². The van der Waals surface area contributed by atoms with Crippen LogP contribution in [0.4, 0.5) is 0 Å². The molecule has 0 spiro atoms. The molecule has 0 radical (unpaired) electrons. The molecule has 3 rings (SSSR count). The SMILES string of the molecule is CC(C)c1ccc(Oc2ccc(C(=O)c3ccc(C(O)C(C)(C)C)cc3)cc2)cc1. The van der Waals surface area contributed by atoms with Gasteiger partial charge in [0.05, 0.1) is 6.10 Å². The molecule has 3 heteroatoms. The highest BCUT2D eigenvalue weighted by Gasteiger charge is 2.23. The summed E-state index contributed by atoms with van der Waals surface area (Å²) < 4.78 is 5.89. The van der Waals surface area contributed by atoms with Gasteiger partial charge < -0.3 is 9.84 Å². The Labute approximate surface area is 179 Å². The number of hydrogen-bond donors (Lipinski definition) is 1. The maximum Gasteiger partial charge on any atom is 0.193 e. The monoisotopic (exact) mass is 402 g/mol. The van der Waals surface area contributed by atoms with Gasteiger partial charge in [0.15, 0.2) is 5.78 Å². The van der Waals surface area contributed by atoms with E-state index in [1.54, 1.807) is 36.4 Å². The summed E-state index contributed by atoms with van der Waals surface area (Å²) in [5, 5.41) is 10.4. The highest BCUT2D eigenvalue weighted by molar-refractivity contribution is 6.09. The molecule has 1 atom stereocenters. The van der Waals surface area contributed by atoms with Gasteiger partial charge in [-0.2, -0.15) is 0 Å². The largest absolute Gasteiger partial charge is 0.457 e. The average Bonchev–Trinajstić information content (AvgIpc) is 2.73. The maximum atomic E-state index is 12.8. The van der Waals surface area contributed by atoms with E-state index in [2.05, 4.69) is 26.0 Å². The smallest absolute Gasteiger partial charge is 0.193 e. The molecule has 156 valence electrons. The first-order valence-electron chi connectivity index (χ1n) is 10.4. The molecule has 3 aromatic rings.